The number of rotatable bonds is 4. The second-order valence-electron chi connectivity index (χ2n) is 5.34. The number of hydrogen-bond acceptors (Lipinski definition) is 3. The fourth-order valence-corrected chi connectivity index (χ4v) is 2.96. The summed E-state index contributed by atoms with van der Waals surface area (Å²) in [7, 11) is 1.90. The third-order valence-corrected chi connectivity index (χ3v) is 4.02. The highest BCUT2D eigenvalue weighted by Gasteiger charge is 2.26. The first-order chi connectivity index (χ1) is 9.86. The van der Waals surface area contributed by atoms with E-state index in [0.29, 0.717) is 6.04 Å². The lowest BCUT2D eigenvalue weighted by Gasteiger charge is -2.24. The van der Waals surface area contributed by atoms with Crippen LogP contribution in [0.5, 0.6) is 0 Å². The lowest BCUT2D eigenvalue weighted by Crippen LogP contribution is -2.22. The molecule has 20 heavy (non-hydrogen) atoms. The Bertz CT molecular complexity index is 536. The van der Waals surface area contributed by atoms with E-state index in [9.17, 15) is 0 Å². The predicted molar refractivity (Wildman–Crippen MR) is 82.6 cm³/mol. The maximum Gasteiger partial charge on any atom is 0.125 e. The highest BCUT2D eigenvalue weighted by molar-refractivity contribution is 5.35. The number of nitrogens with one attached hydrogen (secondary N) is 1. The Morgan fingerprint density at radius 2 is 2.05 bits per heavy atom. The lowest BCUT2D eigenvalue weighted by molar-refractivity contribution is 0.248. The van der Waals surface area contributed by atoms with Gasteiger partial charge in [0.1, 0.15) is 5.82 Å². The summed E-state index contributed by atoms with van der Waals surface area (Å²) in [5.74, 6) is 0.932. The van der Waals surface area contributed by atoms with Crippen molar-refractivity contribution in [3.8, 4) is 0 Å². The molecule has 1 aromatic carbocycles. The molecule has 1 aliphatic rings. The topological polar surface area (TPSA) is 28.2 Å². The molecule has 0 bridgehead atoms. The van der Waals surface area contributed by atoms with Crippen LogP contribution in [0.4, 0.5) is 5.82 Å². The molecular formula is C17H21N3. The van der Waals surface area contributed by atoms with Crippen LogP contribution in [0.25, 0.3) is 0 Å². The van der Waals surface area contributed by atoms with Gasteiger partial charge in [0.25, 0.3) is 0 Å². The van der Waals surface area contributed by atoms with Gasteiger partial charge in [-0.25, -0.2) is 4.98 Å². The molecule has 0 radical (unpaired) electrons. The van der Waals surface area contributed by atoms with E-state index in [1.807, 2.05) is 13.2 Å². The van der Waals surface area contributed by atoms with Crippen molar-refractivity contribution in [1.82, 2.24) is 9.88 Å². The minimum atomic E-state index is 0.508. The van der Waals surface area contributed by atoms with E-state index >= 15 is 0 Å². The number of hydrogen-bond donors (Lipinski definition) is 1. The molecule has 1 N–H and O–H groups in total. The van der Waals surface area contributed by atoms with Crippen LogP contribution < -0.4 is 5.32 Å². The quantitative estimate of drug-likeness (QED) is 0.919. The van der Waals surface area contributed by atoms with Gasteiger partial charge in [0.2, 0.25) is 0 Å². The summed E-state index contributed by atoms with van der Waals surface area (Å²) in [6.07, 6.45) is 4.51. The normalized spacial score (nSPS) is 19.1. The molecule has 3 rings (SSSR count). The number of anilines is 1. The number of aromatic nitrogens is 1. The second kappa shape index (κ2) is 6.06. The first-order valence-electron chi connectivity index (χ1n) is 7.28. The largest absolute Gasteiger partial charge is 0.373 e. The maximum atomic E-state index is 4.45. The van der Waals surface area contributed by atoms with Crippen molar-refractivity contribution in [2.75, 3.05) is 18.9 Å². The molecular weight excluding hydrogens is 246 g/mol. The Morgan fingerprint density at radius 1 is 1.20 bits per heavy atom. The van der Waals surface area contributed by atoms with Crippen molar-refractivity contribution in [2.45, 2.75) is 25.4 Å². The van der Waals surface area contributed by atoms with E-state index in [2.05, 4.69) is 57.7 Å². The number of pyridine rings is 1. The van der Waals surface area contributed by atoms with Gasteiger partial charge in [-0.05, 0) is 36.6 Å². The lowest BCUT2D eigenvalue weighted by atomic mass is 10.1. The van der Waals surface area contributed by atoms with Gasteiger partial charge in [-0.2, -0.15) is 0 Å². The third-order valence-electron chi connectivity index (χ3n) is 4.02. The first-order valence-corrected chi connectivity index (χ1v) is 7.28. The van der Waals surface area contributed by atoms with Gasteiger partial charge in [0.05, 0.1) is 0 Å². The van der Waals surface area contributed by atoms with Crippen LogP contribution in [-0.4, -0.2) is 23.5 Å². The highest BCUT2D eigenvalue weighted by atomic mass is 15.2. The summed E-state index contributed by atoms with van der Waals surface area (Å²) in [4.78, 5) is 7.01. The van der Waals surface area contributed by atoms with Gasteiger partial charge in [-0.1, -0.05) is 36.4 Å². The zero-order valence-corrected chi connectivity index (χ0v) is 11.9. The molecule has 1 atom stereocenters. The van der Waals surface area contributed by atoms with Crippen LogP contribution in [0.1, 0.15) is 30.0 Å². The Morgan fingerprint density at radius 3 is 2.75 bits per heavy atom. The van der Waals surface area contributed by atoms with Gasteiger partial charge >= 0.3 is 0 Å². The van der Waals surface area contributed by atoms with E-state index in [-0.39, 0.29) is 0 Å². The average molecular weight is 267 g/mol. The third kappa shape index (κ3) is 2.83. The summed E-state index contributed by atoms with van der Waals surface area (Å²) in [6, 6.07) is 15.5. The molecule has 0 unspecified atom stereocenters. The fraction of sp³-hybridized carbons (Fsp3) is 0.353. The molecule has 1 aliphatic heterocycles. The van der Waals surface area contributed by atoms with Crippen molar-refractivity contribution in [3.05, 3.63) is 59.8 Å². The van der Waals surface area contributed by atoms with Gasteiger partial charge in [-0.3, -0.25) is 4.90 Å². The van der Waals surface area contributed by atoms with Crippen LogP contribution in [0.15, 0.2) is 48.7 Å². The molecule has 0 spiro atoms. The van der Waals surface area contributed by atoms with E-state index in [4.69, 9.17) is 0 Å². The van der Waals surface area contributed by atoms with Crippen molar-refractivity contribution < 1.29 is 0 Å². The number of likely N-dealkylation sites (tertiary alicyclic amines) is 1. The van der Waals surface area contributed by atoms with Crippen LogP contribution in [0.3, 0.4) is 0 Å². The molecule has 1 fully saturated rings. The highest BCUT2D eigenvalue weighted by Crippen LogP contribution is 2.32. The SMILES string of the molecule is CNc1ccc([C@@H]2CCCN2Cc2ccccc2)cn1. The van der Waals surface area contributed by atoms with E-state index in [0.717, 1.165) is 12.4 Å². The monoisotopic (exact) mass is 267 g/mol. The van der Waals surface area contributed by atoms with Gasteiger partial charge in [-0.15, -0.1) is 0 Å². The first kappa shape index (κ1) is 13.1. The standard InChI is InChI=1S/C17H21N3/c1-18-17-10-9-15(12-19-17)16-8-5-11-20(16)13-14-6-3-2-4-7-14/h2-4,6-7,9-10,12,16H,5,8,11,13H2,1H3,(H,18,19)/t16-/m0/s1. The van der Waals surface area contributed by atoms with E-state index in [1.54, 1.807) is 0 Å². The fourth-order valence-electron chi connectivity index (χ4n) is 2.96. The van der Waals surface area contributed by atoms with Gasteiger partial charge < -0.3 is 5.32 Å². The Hall–Kier alpha value is -1.87. The molecule has 3 heteroatoms. The molecule has 3 nitrogen and oxygen atoms in total. The number of benzene rings is 1. The van der Waals surface area contributed by atoms with Crippen molar-refractivity contribution in [1.29, 1.82) is 0 Å². The molecule has 0 aliphatic carbocycles. The van der Waals surface area contributed by atoms with Crippen molar-refractivity contribution in [3.63, 3.8) is 0 Å². The second-order valence-corrected chi connectivity index (χ2v) is 5.34. The minimum Gasteiger partial charge on any atom is -0.373 e. The predicted octanol–water partition coefficient (Wildman–Crippen LogP) is 3.46. The Balaban J connectivity index is 1.74. The summed E-state index contributed by atoms with van der Waals surface area (Å²) >= 11 is 0. The molecule has 2 aromatic rings. The summed E-state index contributed by atoms with van der Waals surface area (Å²) in [5, 5.41) is 3.07. The van der Waals surface area contributed by atoms with Crippen LogP contribution in [0.2, 0.25) is 0 Å². The van der Waals surface area contributed by atoms with Crippen LogP contribution in [-0.2, 0) is 6.54 Å². The smallest absolute Gasteiger partial charge is 0.125 e. The zero-order chi connectivity index (χ0) is 13.8. The van der Waals surface area contributed by atoms with Gasteiger partial charge in [0.15, 0.2) is 0 Å². The molecule has 0 amide bonds. The van der Waals surface area contributed by atoms with Crippen LogP contribution in [0, 0.1) is 0 Å². The summed E-state index contributed by atoms with van der Waals surface area (Å²) < 4.78 is 0. The molecule has 0 saturated carbocycles. The molecule has 1 aromatic heterocycles. The maximum absolute atomic E-state index is 4.45. The van der Waals surface area contributed by atoms with Gasteiger partial charge in [0, 0.05) is 25.8 Å². The summed E-state index contributed by atoms with van der Waals surface area (Å²) in [6.45, 7) is 2.20. The molecule has 104 valence electrons. The number of nitrogens with zero attached hydrogens (tertiary/aromatic N) is 2. The van der Waals surface area contributed by atoms with Crippen molar-refractivity contribution in [2.24, 2.45) is 0 Å². The Labute approximate surface area is 120 Å². The van der Waals surface area contributed by atoms with Crippen LogP contribution >= 0.6 is 0 Å². The summed E-state index contributed by atoms with van der Waals surface area (Å²) in [5.41, 5.74) is 2.72. The van der Waals surface area contributed by atoms with Crippen molar-refractivity contribution >= 4 is 5.82 Å². The zero-order valence-electron chi connectivity index (χ0n) is 11.9. The Kier molecular flexibility index (Phi) is 3.97. The molecule has 2 heterocycles. The minimum absolute atomic E-state index is 0.508. The van der Waals surface area contributed by atoms with E-state index < -0.39 is 0 Å². The molecule has 1 saturated heterocycles. The average Bonchev–Trinajstić information content (AvgIpc) is 2.96. The van der Waals surface area contributed by atoms with E-state index in [1.165, 1.54) is 30.5 Å².